The largest absolute Gasteiger partial charge is 0.325 e. The number of aryl methyl sites for hydroxylation is 1. The van der Waals surface area contributed by atoms with Crippen molar-refractivity contribution in [1.29, 1.82) is 0 Å². The topological polar surface area (TPSA) is 101 Å². The van der Waals surface area contributed by atoms with Crippen molar-refractivity contribution in [3.63, 3.8) is 0 Å². The van der Waals surface area contributed by atoms with Gasteiger partial charge in [0, 0.05) is 18.7 Å². The van der Waals surface area contributed by atoms with Crippen LogP contribution < -0.4 is 16.0 Å². The van der Waals surface area contributed by atoms with Crippen LogP contribution in [0.15, 0.2) is 30.3 Å². The fourth-order valence-electron chi connectivity index (χ4n) is 2.84. The van der Waals surface area contributed by atoms with Crippen LogP contribution in [0.25, 0.3) is 0 Å². The fraction of sp³-hybridized carbons (Fsp3) is 0.412. The molecular weight excluding hydrogens is 320 g/mol. The van der Waals surface area contributed by atoms with Gasteiger partial charge in [0.25, 0.3) is 0 Å². The monoisotopic (exact) mass is 342 g/mol. The molecule has 0 spiro atoms. The van der Waals surface area contributed by atoms with E-state index >= 15 is 0 Å². The second-order valence-corrected chi connectivity index (χ2v) is 6.05. The van der Waals surface area contributed by atoms with Crippen LogP contribution in [0.2, 0.25) is 0 Å². The number of para-hydroxylation sites is 1. The number of carbonyl (C=O) groups is 2. The summed E-state index contributed by atoms with van der Waals surface area (Å²) in [6.07, 6.45) is 3.20. The van der Waals surface area contributed by atoms with E-state index in [1.165, 1.54) is 0 Å². The SMILES string of the molecule is C[C@H](NCC(=O)NC(=O)Nc1ccccc1)c1nnc2n1CCCC2. The Hall–Kier alpha value is -2.74. The summed E-state index contributed by atoms with van der Waals surface area (Å²) < 4.78 is 2.11. The highest BCUT2D eigenvalue weighted by Crippen LogP contribution is 2.18. The Morgan fingerprint density at radius 2 is 2.00 bits per heavy atom. The van der Waals surface area contributed by atoms with Crippen molar-refractivity contribution in [1.82, 2.24) is 25.4 Å². The molecule has 0 fully saturated rings. The van der Waals surface area contributed by atoms with Gasteiger partial charge in [0.1, 0.15) is 11.6 Å². The lowest BCUT2D eigenvalue weighted by atomic mass is 10.1. The predicted molar refractivity (Wildman–Crippen MR) is 93.0 cm³/mol. The Kier molecular flexibility index (Phi) is 5.39. The summed E-state index contributed by atoms with van der Waals surface area (Å²) in [5, 5.41) is 16.4. The van der Waals surface area contributed by atoms with Crippen LogP contribution in [0, 0.1) is 0 Å². The zero-order chi connectivity index (χ0) is 17.6. The minimum Gasteiger partial charge on any atom is -0.314 e. The van der Waals surface area contributed by atoms with E-state index in [4.69, 9.17) is 0 Å². The number of urea groups is 1. The van der Waals surface area contributed by atoms with E-state index in [9.17, 15) is 9.59 Å². The summed E-state index contributed by atoms with van der Waals surface area (Å²) in [5.74, 6) is 1.43. The molecule has 0 saturated carbocycles. The molecule has 1 aromatic heterocycles. The van der Waals surface area contributed by atoms with Gasteiger partial charge in [-0.2, -0.15) is 0 Å². The molecule has 0 bridgehead atoms. The summed E-state index contributed by atoms with van der Waals surface area (Å²) >= 11 is 0. The summed E-state index contributed by atoms with van der Waals surface area (Å²) in [6.45, 7) is 2.87. The normalized spacial score (nSPS) is 14.4. The van der Waals surface area contributed by atoms with Crippen LogP contribution in [0.3, 0.4) is 0 Å². The Bertz CT molecular complexity index is 743. The molecule has 1 aromatic carbocycles. The minimum atomic E-state index is -0.550. The summed E-state index contributed by atoms with van der Waals surface area (Å²) in [6, 6.07) is 8.29. The van der Waals surface area contributed by atoms with Crippen molar-refractivity contribution in [2.45, 2.75) is 38.8 Å². The summed E-state index contributed by atoms with van der Waals surface area (Å²) in [4.78, 5) is 23.7. The maximum atomic E-state index is 11.9. The number of anilines is 1. The molecule has 0 radical (unpaired) electrons. The third-order valence-corrected chi connectivity index (χ3v) is 4.13. The molecule has 8 nitrogen and oxygen atoms in total. The van der Waals surface area contributed by atoms with E-state index in [1.807, 2.05) is 13.0 Å². The van der Waals surface area contributed by atoms with Gasteiger partial charge >= 0.3 is 6.03 Å². The average Bonchev–Trinajstić information content (AvgIpc) is 3.04. The molecule has 2 aromatic rings. The Labute approximate surface area is 146 Å². The van der Waals surface area contributed by atoms with Crippen LogP contribution in [-0.4, -0.2) is 33.2 Å². The number of hydrogen-bond donors (Lipinski definition) is 3. The van der Waals surface area contributed by atoms with E-state index in [2.05, 4.69) is 30.7 Å². The second-order valence-electron chi connectivity index (χ2n) is 6.05. The zero-order valence-corrected chi connectivity index (χ0v) is 14.2. The van der Waals surface area contributed by atoms with Crippen molar-refractivity contribution < 1.29 is 9.59 Å². The van der Waals surface area contributed by atoms with Gasteiger partial charge < -0.3 is 9.88 Å². The van der Waals surface area contributed by atoms with E-state index in [0.717, 1.165) is 37.5 Å². The first kappa shape index (κ1) is 17.1. The number of fused-ring (bicyclic) bond motifs is 1. The zero-order valence-electron chi connectivity index (χ0n) is 14.2. The number of nitrogens with zero attached hydrogens (tertiary/aromatic N) is 3. The quantitative estimate of drug-likeness (QED) is 0.766. The molecule has 0 aliphatic carbocycles. The third kappa shape index (κ3) is 4.42. The molecule has 0 saturated heterocycles. The number of benzene rings is 1. The number of hydrogen-bond acceptors (Lipinski definition) is 5. The lowest BCUT2D eigenvalue weighted by Crippen LogP contribution is -2.41. The first-order chi connectivity index (χ1) is 12.1. The Morgan fingerprint density at radius 3 is 2.80 bits per heavy atom. The molecule has 8 heteroatoms. The minimum absolute atomic E-state index is 0.0194. The molecule has 0 unspecified atom stereocenters. The summed E-state index contributed by atoms with van der Waals surface area (Å²) in [5.41, 5.74) is 0.629. The van der Waals surface area contributed by atoms with Gasteiger partial charge in [-0.05, 0) is 31.9 Å². The highest BCUT2D eigenvalue weighted by molar-refractivity contribution is 6.01. The molecule has 2 heterocycles. The Morgan fingerprint density at radius 1 is 1.20 bits per heavy atom. The number of carbonyl (C=O) groups excluding carboxylic acids is 2. The van der Waals surface area contributed by atoms with Gasteiger partial charge in [0.05, 0.1) is 12.6 Å². The van der Waals surface area contributed by atoms with Crippen LogP contribution in [-0.2, 0) is 17.8 Å². The van der Waals surface area contributed by atoms with Crippen molar-refractivity contribution >= 4 is 17.6 Å². The van der Waals surface area contributed by atoms with Gasteiger partial charge in [-0.1, -0.05) is 18.2 Å². The molecule has 25 heavy (non-hydrogen) atoms. The molecule has 1 aliphatic rings. The van der Waals surface area contributed by atoms with Gasteiger partial charge in [-0.25, -0.2) is 4.79 Å². The Balaban J connectivity index is 1.47. The van der Waals surface area contributed by atoms with Crippen LogP contribution >= 0.6 is 0 Å². The number of imide groups is 1. The highest BCUT2D eigenvalue weighted by atomic mass is 16.2. The van der Waals surface area contributed by atoms with Crippen LogP contribution in [0.5, 0.6) is 0 Å². The molecule has 132 valence electrons. The van der Waals surface area contributed by atoms with Crippen molar-refractivity contribution in [3.05, 3.63) is 42.0 Å². The standard InChI is InChI=1S/C17H22N6O2/c1-12(16-22-21-14-9-5-6-10-23(14)16)18-11-15(24)20-17(25)19-13-7-3-2-4-8-13/h2-4,7-8,12,18H,5-6,9-11H2,1H3,(H2,19,20,24,25)/t12-/m0/s1. The van der Waals surface area contributed by atoms with Crippen LogP contribution in [0.4, 0.5) is 10.5 Å². The van der Waals surface area contributed by atoms with Gasteiger partial charge in [0.2, 0.25) is 5.91 Å². The molecular formula is C17H22N6O2. The fourth-order valence-corrected chi connectivity index (χ4v) is 2.84. The predicted octanol–water partition coefficient (Wildman–Crippen LogP) is 1.61. The smallest absolute Gasteiger partial charge is 0.314 e. The maximum Gasteiger partial charge on any atom is 0.325 e. The van der Waals surface area contributed by atoms with E-state index in [1.54, 1.807) is 24.3 Å². The van der Waals surface area contributed by atoms with E-state index in [0.29, 0.717) is 5.69 Å². The summed E-state index contributed by atoms with van der Waals surface area (Å²) in [7, 11) is 0. The number of nitrogens with one attached hydrogen (secondary N) is 3. The van der Waals surface area contributed by atoms with Crippen molar-refractivity contribution in [3.8, 4) is 0 Å². The van der Waals surface area contributed by atoms with Gasteiger partial charge in [0.15, 0.2) is 0 Å². The lowest BCUT2D eigenvalue weighted by molar-refractivity contribution is -0.119. The molecule has 3 N–H and O–H groups in total. The maximum absolute atomic E-state index is 11.9. The number of aromatic nitrogens is 3. The van der Waals surface area contributed by atoms with Crippen LogP contribution in [0.1, 0.15) is 37.5 Å². The lowest BCUT2D eigenvalue weighted by Gasteiger charge is -2.18. The van der Waals surface area contributed by atoms with E-state index in [-0.39, 0.29) is 12.6 Å². The van der Waals surface area contributed by atoms with Gasteiger partial charge in [-0.3, -0.25) is 15.4 Å². The molecule has 3 rings (SSSR count). The molecule has 3 amide bonds. The molecule has 1 aliphatic heterocycles. The second kappa shape index (κ2) is 7.89. The molecule has 1 atom stereocenters. The van der Waals surface area contributed by atoms with Crippen molar-refractivity contribution in [2.75, 3.05) is 11.9 Å². The average molecular weight is 342 g/mol. The van der Waals surface area contributed by atoms with Gasteiger partial charge in [-0.15, -0.1) is 10.2 Å². The van der Waals surface area contributed by atoms with E-state index < -0.39 is 11.9 Å². The first-order valence-corrected chi connectivity index (χ1v) is 8.44. The van der Waals surface area contributed by atoms with Crippen molar-refractivity contribution in [2.24, 2.45) is 0 Å². The first-order valence-electron chi connectivity index (χ1n) is 8.44. The number of amides is 3. The third-order valence-electron chi connectivity index (χ3n) is 4.13. The number of rotatable bonds is 5. The highest BCUT2D eigenvalue weighted by Gasteiger charge is 2.20.